The number of anilines is 1. The first-order chi connectivity index (χ1) is 10.2. The lowest BCUT2D eigenvalue weighted by Crippen LogP contribution is -2.24. The maximum atomic E-state index is 11.2. The molecule has 2 atom stereocenters. The van der Waals surface area contributed by atoms with Gasteiger partial charge >= 0.3 is 5.97 Å². The average molecular weight is 285 g/mol. The molecule has 110 valence electrons. The van der Waals surface area contributed by atoms with Crippen LogP contribution in [0.3, 0.4) is 0 Å². The van der Waals surface area contributed by atoms with Gasteiger partial charge in [-0.15, -0.1) is 5.10 Å². The third-order valence-electron chi connectivity index (χ3n) is 4.38. The first-order valence-electron chi connectivity index (χ1n) is 7.35. The Kier molecular flexibility index (Phi) is 3.73. The second kappa shape index (κ2) is 5.68. The van der Waals surface area contributed by atoms with E-state index in [0.717, 1.165) is 41.5 Å². The molecular formula is C16H19N3O2. The van der Waals surface area contributed by atoms with Gasteiger partial charge in [0.15, 0.2) is 5.82 Å². The maximum Gasteiger partial charge on any atom is 0.306 e. The first-order valence-corrected chi connectivity index (χ1v) is 7.35. The molecule has 0 radical (unpaired) electrons. The lowest BCUT2D eigenvalue weighted by molar-refractivity contribution is -0.142. The van der Waals surface area contributed by atoms with Crippen LogP contribution in [0.1, 0.15) is 25.0 Å². The fourth-order valence-electron chi connectivity index (χ4n) is 3.20. The van der Waals surface area contributed by atoms with Crippen molar-refractivity contribution in [2.75, 3.05) is 11.9 Å². The van der Waals surface area contributed by atoms with E-state index in [9.17, 15) is 9.90 Å². The molecule has 1 aliphatic carbocycles. The van der Waals surface area contributed by atoms with Crippen molar-refractivity contribution in [3.63, 3.8) is 0 Å². The quantitative estimate of drug-likeness (QED) is 0.903. The molecule has 3 rings (SSSR count). The van der Waals surface area contributed by atoms with E-state index in [0.29, 0.717) is 6.54 Å². The molecule has 0 saturated heterocycles. The van der Waals surface area contributed by atoms with Crippen LogP contribution in [0.25, 0.3) is 10.8 Å². The van der Waals surface area contributed by atoms with Crippen molar-refractivity contribution in [3.8, 4) is 0 Å². The van der Waals surface area contributed by atoms with E-state index in [1.54, 1.807) is 0 Å². The Morgan fingerprint density at radius 3 is 2.81 bits per heavy atom. The lowest BCUT2D eigenvalue weighted by Gasteiger charge is -2.17. The molecule has 0 amide bonds. The summed E-state index contributed by atoms with van der Waals surface area (Å²) in [7, 11) is 0. The second-order valence-electron chi connectivity index (χ2n) is 5.70. The summed E-state index contributed by atoms with van der Waals surface area (Å²) in [6.45, 7) is 2.58. The van der Waals surface area contributed by atoms with Gasteiger partial charge in [-0.2, -0.15) is 5.10 Å². The van der Waals surface area contributed by atoms with Gasteiger partial charge in [0, 0.05) is 17.3 Å². The van der Waals surface area contributed by atoms with Crippen molar-refractivity contribution in [2.45, 2.75) is 26.2 Å². The summed E-state index contributed by atoms with van der Waals surface area (Å²) in [5, 5.41) is 23.1. The Bertz CT molecular complexity index is 672. The van der Waals surface area contributed by atoms with Gasteiger partial charge in [-0.25, -0.2) is 0 Å². The van der Waals surface area contributed by atoms with Gasteiger partial charge in [0.2, 0.25) is 0 Å². The van der Waals surface area contributed by atoms with Crippen LogP contribution >= 0.6 is 0 Å². The van der Waals surface area contributed by atoms with Crippen LogP contribution in [-0.4, -0.2) is 27.8 Å². The molecule has 21 heavy (non-hydrogen) atoms. The van der Waals surface area contributed by atoms with E-state index in [-0.39, 0.29) is 11.8 Å². The number of rotatable bonds is 4. The number of carbonyl (C=O) groups is 1. The molecule has 1 aliphatic rings. The predicted octanol–water partition coefficient (Wildman–Crippen LogP) is 2.85. The molecule has 1 aromatic heterocycles. The third-order valence-corrected chi connectivity index (χ3v) is 4.38. The Morgan fingerprint density at radius 2 is 2.05 bits per heavy atom. The van der Waals surface area contributed by atoms with Crippen LogP contribution in [0.5, 0.6) is 0 Å². The zero-order valence-electron chi connectivity index (χ0n) is 12.0. The molecule has 0 spiro atoms. The van der Waals surface area contributed by atoms with Crippen LogP contribution in [-0.2, 0) is 4.79 Å². The van der Waals surface area contributed by atoms with Crippen molar-refractivity contribution in [2.24, 2.45) is 11.8 Å². The average Bonchev–Trinajstić information content (AvgIpc) is 2.96. The smallest absolute Gasteiger partial charge is 0.306 e. The van der Waals surface area contributed by atoms with Gasteiger partial charge in [0.05, 0.1) is 11.6 Å². The minimum absolute atomic E-state index is 0.171. The predicted molar refractivity (Wildman–Crippen MR) is 81.2 cm³/mol. The molecule has 0 aliphatic heterocycles. The van der Waals surface area contributed by atoms with E-state index in [4.69, 9.17) is 0 Å². The molecule has 1 aromatic carbocycles. The number of aromatic nitrogens is 2. The molecule has 1 heterocycles. The van der Waals surface area contributed by atoms with Crippen molar-refractivity contribution in [1.29, 1.82) is 0 Å². The van der Waals surface area contributed by atoms with Gasteiger partial charge < -0.3 is 10.4 Å². The highest BCUT2D eigenvalue weighted by Crippen LogP contribution is 2.32. The Balaban J connectivity index is 1.80. The van der Waals surface area contributed by atoms with E-state index < -0.39 is 5.97 Å². The molecule has 1 fully saturated rings. The zero-order chi connectivity index (χ0) is 14.8. The number of aryl methyl sites for hydroxylation is 1. The molecule has 2 N–H and O–H groups in total. The van der Waals surface area contributed by atoms with Crippen LogP contribution < -0.4 is 5.32 Å². The van der Waals surface area contributed by atoms with Gasteiger partial charge in [-0.3, -0.25) is 4.79 Å². The number of nitrogens with zero attached hydrogens (tertiary/aromatic N) is 2. The lowest BCUT2D eigenvalue weighted by atomic mass is 9.96. The molecule has 1 saturated carbocycles. The van der Waals surface area contributed by atoms with Gasteiger partial charge in [0.25, 0.3) is 0 Å². The summed E-state index contributed by atoms with van der Waals surface area (Å²) in [5.74, 6) is -0.00192. The number of carboxylic acids is 1. The minimum Gasteiger partial charge on any atom is -0.481 e. The van der Waals surface area contributed by atoms with Gasteiger partial charge in [-0.1, -0.05) is 30.7 Å². The number of hydrogen-bond acceptors (Lipinski definition) is 4. The van der Waals surface area contributed by atoms with E-state index in [1.807, 2.05) is 31.2 Å². The molecular weight excluding hydrogens is 266 g/mol. The number of benzene rings is 1. The normalized spacial score (nSPS) is 21.6. The first kappa shape index (κ1) is 13.8. The highest BCUT2D eigenvalue weighted by molar-refractivity contribution is 5.92. The Hall–Kier alpha value is -2.17. The largest absolute Gasteiger partial charge is 0.481 e. The Morgan fingerprint density at radius 1 is 1.29 bits per heavy atom. The van der Waals surface area contributed by atoms with Gasteiger partial charge in [0.1, 0.15) is 0 Å². The highest BCUT2D eigenvalue weighted by Gasteiger charge is 2.32. The maximum absolute atomic E-state index is 11.2. The van der Waals surface area contributed by atoms with Crippen LogP contribution in [0.2, 0.25) is 0 Å². The number of nitrogens with one attached hydrogen (secondary N) is 1. The van der Waals surface area contributed by atoms with Crippen molar-refractivity contribution in [1.82, 2.24) is 10.2 Å². The van der Waals surface area contributed by atoms with E-state index in [2.05, 4.69) is 15.5 Å². The number of fused-ring (bicyclic) bond motifs is 1. The van der Waals surface area contributed by atoms with Crippen LogP contribution in [0, 0.1) is 18.8 Å². The number of hydrogen-bond donors (Lipinski definition) is 2. The van der Waals surface area contributed by atoms with Crippen molar-refractivity contribution >= 4 is 22.6 Å². The SMILES string of the molecule is Cc1nnc(NCC2CCCC2C(=O)O)c2ccccc12. The fraction of sp³-hybridized carbons (Fsp3) is 0.438. The summed E-state index contributed by atoms with van der Waals surface area (Å²) in [4.78, 5) is 11.2. The van der Waals surface area contributed by atoms with Gasteiger partial charge in [-0.05, 0) is 25.7 Å². The molecule has 2 aromatic rings. The van der Waals surface area contributed by atoms with E-state index in [1.165, 1.54) is 0 Å². The zero-order valence-corrected chi connectivity index (χ0v) is 12.0. The third kappa shape index (κ3) is 2.68. The molecule has 5 heteroatoms. The van der Waals surface area contributed by atoms with Crippen LogP contribution in [0.4, 0.5) is 5.82 Å². The summed E-state index contributed by atoms with van der Waals surface area (Å²) < 4.78 is 0. The highest BCUT2D eigenvalue weighted by atomic mass is 16.4. The molecule has 5 nitrogen and oxygen atoms in total. The van der Waals surface area contributed by atoms with Crippen LogP contribution in [0.15, 0.2) is 24.3 Å². The van der Waals surface area contributed by atoms with E-state index >= 15 is 0 Å². The fourth-order valence-corrected chi connectivity index (χ4v) is 3.20. The van der Waals surface area contributed by atoms with Crippen molar-refractivity contribution < 1.29 is 9.90 Å². The standard InChI is InChI=1S/C16H19N3O2/c1-10-12-6-2-3-7-14(12)15(19-18-10)17-9-11-5-4-8-13(11)16(20)21/h2-3,6-7,11,13H,4-5,8-9H2,1H3,(H,17,19)(H,20,21). The monoisotopic (exact) mass is 285 g/mol. The summed E-state index contributed by atoms with van der Waals surface area (Å²) in [5.41, 5.74) is 0.903. The minimum atomic E-state index is -0.681. The molecule has 2 unspecified atom stereocenters. The summed E-state index contributed by atoms with van der Waals surface area (Å²) >= 11 is 0. The number of carboxylic acid groups (broad SMARTS) is 1. The number of aliphatic carboxylic acids is 1. The second-order valence-corrected chi connectivity index (χ2v) is 5.70. The van der Waals surface area contributed by atoms with Crippen molar-refractivity contribution in [3.05, 3.63) is 30.0 Å². The molecule has 0 bridgehead atoms. The Labute approximate surface area is 123 Å². The topological polar surface area (TPSA) is 75.1 Å². The summed E-state index contributed by atoms with van der Waals surface area (Å²) in [6.07, 6.45) is 2.73. The summed E-state index contributed by atoms with van der Waals surface area (Å²) in [6, 6.07) is 8.01.